The van der Waals surface area contributed by atoms with Crippen molar-refractivity contribution in [1.82, 2.24) is 19.5 Å². The van der Waals surface area contributed by atoms with Gasteiger partial charge in [0.05, 0.1) is 25.6 Å². The maximum Gasteiger partial charge on any atom is 0.176 e. The number of hydrogen-bond donors (Lipinski definition) is 5. The van der Waals surface area contributed by atoms with Crippen LogP contribution in [0.15, 0.2) is 6.33 Å². The van der Waals surface area contributed by atoms with Crippen molar-refractivity contribution in [1.29, 1.82) is 5.41 Å². The fourth-order valence-electron chi connectivity index (χ4n) is 1.43. The predicted molar refractivity (Wildman–Crippen MR) is 58.2 cm³/mol. The maximum absolute atomic E-state index is 9.35. The summed E-state index contributed by atoms with van der Waals surface area (Å²) in [6.45, 7) is -0.147. The molecule has 0 saturated carbocycles. The maximum atomic E-state index is 9.35. The van der Waals surface area contributed by atoms with Crippen molar-refractivity contribution < 1.29 is 10.2 Å². The largest absolute Gasteiger partial charge is 0.394 e. The van der Waals surface area contributed by atoms with E-state index in [0.29, 0.717) is 15.9 Å². The number of imidazole rings is 1. The Labute approximate surface area is 94.9 Å². The van der Waals surface area contributed by atoms with Gasteiger partial charge in [-0.25, -0.2) is 4.98 Å². The van der Waals surface area contributed by atoms with Crippen LogP contribution in [0.4, 0.5) is 0 Å². The van der Waals surface area contributed by atoms with Gasteiger partial charge in [0.2, 0.25) is 0 Å². The van der Waals surface area contributed by atoms with E-state index in [-0.39, 0.29) is 18.6 Å². The molecule has 5 N–H and O–H groups in total. The number of hydrogen-bond acceptors (Lipinski definition) is 5. The third-order valence-corrected chi connectivity index (χ3v) is 2.38. The number of aliphatic hydroxyl groups is 2. The van der Waals surface area contributed by atoms with E-state index in [1.54, 1.807) is 4.57 Å². The highest BCUT2D eigenvalue weighted by Gasteiger charge is 2.08. The first-order chi connectivity index (χ1) is 7.61. The van der Waals surface area contributed by atoms with Crippen molar-refractivity contribution in [2.45, 2.75) is 12.6 Å². The number of nitrogens with zero attached hydrogens (tertiary/aromatic N) is 2. The van der Waals surface area contributed by atoms with Crippen LogP contribution in [0.1, 0.15) is 0 Å². The van der Waals surface area contributed by atoms with Gasteiger partial charge < -0.3 is 24.7 Å². The van der Waals surface area contributed by atoms with E-state index in [1.165, 1.54) is 6.33 Å². The Balaban J connectivity index is 2.58. The van der Waals surface area contributed by atoms with Gasteiger partial charge in [-0.05, 0) is 12.2 Å². The van der Waals surface area contributed by atoms with Crippen LogP contribution < -0.4 is 5.49 Å². The van der Waals surface area contributed by atoms with Crippen LogP contribution in [0.3, 0.4) is 0 Å². The third kappa shape index (κ3) is 1.90. The first-order valence-electron chi connectivity index (χ1n) is 4.62. The molecule has 2 heterocycles. The Morgan fingerprint density at radius 2 is 2.31 bits per heavy atom. The fraction of sp³-hybridized carbons (Fsp3) is 0.375. The van der Waals surface area contributed by atoms with Crippen LogP contribution in [0.25, 0.3) is 11.2 Å². The van der Waals surface area contributed by atoms with E-state index in [0.717, 1.165) is 0 Å². The minimum Gasteiger partial charge on any atom is -0.394 e. The summed E-state index contributed by atoms with van der Waals surface area (Å²) in [7, 11) is 0. The highest BCUT2D eigenvalue weighted by molar-refractivity contribution is 7.71. The Morgan fingerprint density at radius 3 is 3.00 bits per heavy atom. The van der Waals surface area contributed by atoms with Gasteiger partial charge in [-0.2, -0.15) is 0 Å². The second kappa shape index (κ2) is 4.16. The molecule has 0 amide bonds. The van der Waals surface area contributed by atoms with Gasteiger partial charge in [-0.3, -0.25) is 5.41 Å². The van der Waals surface area contributed by atoms with Gasteiger partial charge in [0.25, 0.3) is 0 Å². The third-order valence-electron chi connectivity index (χ3n) is 2.18. The van der Waals surface area contributed by atoms with E-state index < -0.39 is 6.10 Å². The molecule has 0 aliphatic heterocycles. The first kappa shape index (κ1) is 11.0. The van der Waals surface area contributed by atoms with Gasteiger partial charge >= 0.3 is 0 Å². The summed E-state index contributed by atoms with van der Waals surface area (Å²) in [6, 6.07) is 0. The highest BCUT2D eigenvalue weighted by Crippen LogP contribution is 2.04. The highest BCUT2D eigenvalue weighted by atomic mass is 32.1. The quantitative estimate of drug-likeness (QED) is 0.455. The molecule has 0 unspecified atom stereocenters. The normalized spacial score (nSPS) is 13.1. The molecule has 86 valence electrons. The minimum absolute atomic E-state index is 0.0806. The summed E-state index contributed by atoms with van der Waals surface area (Å²) in [6.07, 6.45) is 0.548. The first-order valence-corrected chi connectivity index (χ1v) is 5.03. The second-order valence-electron chi connectivity index (χ2n) is 3.38. The smallest absolute Gasteiger partial charge is 0.176 e. The summed E-state index contributed by atoms with van der Waals surface area (Å²) in [5.41, 5.74) is 1.15. The molecule has 1 atom stereocenters. The lowest BCUT2D eigenvalue weighted by molar-refractivity contribution is 0.0817. The molecule has 0 radical (unpaired) electrons. The van der Waals surface area contributed by atoms with Gasteiger partial charge in [0, 0.05) is 0 Å². The van der Waals surface area contributed by atoms with Crippen molar-refractivity contribution in [2.75, 3.05) is 6.61 Å². The standard InChI is InChI=1S/C8H11N5O2S/c9-6-5-7(12-8(16)11-5)13(3-10-6)1-4(15)2-14/h3-4,9,14-15H,1-2H2,(H2,11,12,16)/t4-/m0/s1. The van der Waals surface area contributed by atoms with Gasteiger partial charge in [0.15, 0.2) is 10.3 Å². The Kier molecular flexibility index (Phi) is 2.86. The zero-order valence-corrected chi connectivity index (χ0v) is 9.08. The van der Waals surface area contributed by atoms with E-state index in [4.69, 9.17) is 22.7 Å². The monoisotopic (exact) mass is 241 g/mol. The fourth-order valence-corrected chi connectivity index (χ4v) is 1.63. The summed E-state index contributed by atoms with van der Waals surface area (Å²) >= 11 is 4.93. The molecule has 8 heteroatoms. The lowest BCUT2D eigenvalue weighted by Crippen LogP contribution is -2.22. The molecule has 0 aliphatic carbocycles. The molecule has 16 heavy (non-hydrogen) atoms. The molecule has 7 nitrogen and oxygen atoms in total. The number of fused-ring (bicyclic) bond motifs is 1. The molecule has 2 rings (SSSR count). The average Bonchev–Trinajstić information content (AvgIpc) is 2.65. The number of aromatic nitrogens is 4. The Morgan fingerprint density at radius 1 is 1.56 bits per heavy atom. The topological polar surface area (TPSA) is 114 Å². The van der Waals surface area contributed by atoms with E-state index >= 15 is 0 Å². The zero-order valence-electron chi connectivity index (χ0n) is 8.27. The summed E-state index contributed by atoms with van der Waals surface area (Å²) in [5, 5.41) is 25.7. The molecule has 0 spiro atoms. The van der Waals surface area contributed by atoms with Crippen molar-refractivity contribution in [3.63, 3.8) is 0 Å². The van der Waals surface area contributed by atoms with Crippen molar-refractivity contribution in [3.05, 3.63) is 16.6 Å². The number of aliphatic hydroxyl groups excluding tert-OH is 2. The van der Waals surface area contributed by atoms with E-state index in [9.17, 15) is 5.11 Å². The lowest BCUT2D eigenvalue weighted by Gasteiger charge is -2.10. The van der Waals surface area contributed by atoms with E-state index in [1.807, 2.05) is 0 Å². The molecule has 0 saturated heterocycles. The summed E-state index contributed by atoms with van der Waals surface area (Å²) < 4.78 is 1.99. The average molecular weight is 241 g/mol. The van der Waals surface area contributed by atoms with Gasteiger partial charge in [-0.1, -0.05) is 0 Å². The van der Waals surface area contributed by atoms with Crippen LogP contribution in [-0.2, 0) is 6.54 Å². The van der Waals surface area contributed by atoms with Crippen molar-refractivity contribution in [2.24, 2.45) is 0 Å². The summed E-state index contributed by atoms with van der Waals surface area (Å²) in [4.78, 5) is 9.52. The van der Waals surface area contributed by atoms with Crippen LogP contribution in [-0.4, -0.2) is 42.4 Å². The van der Waals surface area contributed by atoms with Crippen LogP contribution >= 0.6 is 12.2 Å². The number of nitrogens with one attached hydrogen (secondary N) is 3. The van der Waals surface area contributed by atoms with Crippen LogP contribution in [0.5, 0.6) is 0 Å². The molecule has 0 bridgehead atoms. The van der Waals surface area contributed by atoms with Crippen molar-refractivity contribution >= 4 is 23.4 Å². The molecule has 2 aromatic rings. The number of aromatic amines is 2. The Bertz CT molecular complexity index is 613. The summed E-state index contributed by atoms with van der Waals surface area (Å²) in [5.74, 6) is 0. The number of H-pyrrole nitrogens is 2. The molecular formula is C8H11N5O2S. The molecule has 0 aromatic carbocycles. The zero-order chi connectivity index (χ0) is 11.7. The molecule has 0 fully saturated rings. The Hall–Kier alpha value is -1.51. The van der Waals surface area contributed by atoms with Gasteiger partial charge in [0.1, 0.15) is 11.2 Å². The minimum atomic E-state index is -0.872. The second-order valence-corrected chi connectivity index (χ2v) is 3.79. The molecule has 2 aromatic heterocycles. The van der Waals surface area contributed by atoms with Crippen LogP contribution in [0, 0.1) is 10.2 Å². The van der Waals surface area contributed by atoms with Gasteiger partial charge in [-0.15, -0.1) is 0 Å². The van der Waals surface area contributed by atoms with Crippen molar-refractivity contribution in [3.8, 4) is 0 Å². The molecular weight excluding hydrogens is 230 g/mol. The van der Waals surface area contributed by atoms with Crippen LogP contribution in [0.2, 0.25) is 0 Å². The SMILES string of the molecule is N=c1ncn(C[C@H](O)CO)c2[nH]c(=S)[nH]c12. The predicted octanol–water partition coefficient (Wildman–Crippen LogP) is -0.745. The number of rotatable bonds is 3. The van der Waals surface area contributed by atoms with E-state index in [2.05, 4.69) is 15.0 Å². The molecule has 0 aliphatic rings. The lowest BCUT2D eigenvalue weighted by atomic mass is 10.3.